The standard InChI is InChI=1S/C15H20F2N2O2/c16-15(17,10-20)14(19-6-4-18-5-7-19)12-1-2-13-11(9-12)3-8-21-13/h1-2,9,14,18,20H,3-8,10H2/t14-/m1/s1. The van der Waals surface area contributed by atoms with E-state index in [-0.39, 0.29) is 0 Å². The first-order valence-electron chi connectivity index (χ1n) is 7.31. The third-order valence-electron chi connectivity index (χ3n) is 4.16. The van der Waals surface area contributed by atoms with Crippen molar-refractivity contribution in [1.82, 2.24) is 10.2 Å². The van der Waals surface area contributed by atoms with Crippen LogP contribution in [0.5, 0.6) is 5.75 Å². The summed E-state index contributed by atoms with van der Waals surface area (Å²) >= 11 is 0. The van der Waals surface area contributed by atoms with Crippen molar-refractivity contribution in [2.24, 2.45) is 0 Å². The van der Waals surface area contributed by atoms with Crippen LogP contribution in [-0.2, 0) is 6.42 Å². The van der Waals surface area contributed by atoms with Crippen LogP contribution in [0.4, 0.5) is 8.78 Å². The van der Waals surface area contributed by atoms with Crippen LogP contribution < -0.4 is 10.1 Å². The topological polar surface area (TPSA) is 44.7 Å². The minimum atomic E-state index is -3.16. The molecule has 1 aromatic rings. The predicted octanol–water partition coefficient (Wildman–Crippen LogP) is 1.20. The molecule has 0 radical (unpaired) electrons. The van der Waals surface area contributed by atoms with Crippen LogP contribution in [-0.4, -0.2) is 55.3 Å². The van der Waals surface area contributed by atoms with E-state index >= 15 is 0 Å². The lowest BCUT2D eigenvalue weighted by molar-refractivity contribution is -0.118. The first kappa shape index (κ1) is 14.7. The van der Waals surface area contributed by atoms with Crippen molar-refractivity contribution in [1.29, 1.82) is 0 Å². The van der Waals surface area contributed by atoms with Gasteiger partial charge in [0, 0.05) is 32.6 Å². The molecule has 116 valence electrons. The Labute approximate surface area is 122 Å². The molecule has 1 atom stereocenters. The molecule has 0 aliphatic carbocycles. The summed E-state index contributed by atoms with van der Waals surface area (Å²) in [5.41, 5.74) is 1.53. The van der Waals surface area contributed by atoms with Gasteiger partial charge in [0.2, 0.25) is 0 Å². The molecule has 0 aromatic heterocycles. The highest BCUT2D eigenvalue weighted by Gasteiger charge is 2.44. The molecule has 2 N–H and O–H groups in total. The molecule has 1 aromatic carbocycles. The molecule has 2 aliphatic rings. The summed E-state index contributed by atoms with van der Waals surface area (Å²) in [4.78, 5) is 1.75. The Bertz CT molecular complexity index is 504. The number of ether oxygens (including phenoxy) is 1. The van der Waals surface area contributed by atoms with Crippen molar-refractivity contribution in [3.8, 4) is 5.75 Å². The van der Waals surface area contributed by atoms with Crippen molar-refractivity contribution in [2.45, 2.75) is 18.4 Å². The maximum Gasteiger partial charge on any atom is 0.289 e. The number of aliphatic hydroxyl groups excluding tert-OH is 1. The average Bonchev–Trinajstić information content (AvgIpc) is 2.96. The Balaban J connectivity index is 1.94. The fourth-order valence-corrected chi connectivity index (χ4v) is 3.13. The lowest BCUT2D eigenvalue weighted by Gasteiger charge is -2.38. The zero-order valence-corrected chi connectivity index (χ0v) is 11.8. The van der Waals surface area contributed by atoms with E-state index in [4.69, 9.17) is 9.84 Å². The molecule has 0 saturated carbocycles. The van der Waals surface area contributed by atoms with Crippen LogP contribution in [0.15, 0.2) is 18.2 Å². The van der Waals surface area contributed by atoms with Gasteiger partial charge in [-0.2, -0.15) is 0 Å². The number of hydrogen-bond acceptors (Lipinski definition) is 4. The second kappa shape index (κ2) is 5.87. The minimum Gasteiger partial charge on any atom is -0.493 e. The first-order valence-corrected chi connectivity index (χ1v) is 7.31. The van der Waals surface area contributed by atoms with Gasteiger partial charge < -0.3 is 15.2 Å². The van der Waals surface area contributed by atoms with E-state index < -0.39 is 18.6 Å². The van der Waals surface area contributed by atoms with Crippen LogP contribution in [0.25, 0.3) is 0 Å². The number of rotatable bonds is 4. The van der Waals surface area contributed by atoms with Gasteiger partial charge in [-0.3, -0.25) is 4.90 Å². The summed E-state index contributed by atoms with van der Waals surface area (Å²) in [6.45, 7) is 1.93. The van der Waals surface area contributed by atoms with Gasteiger partial charge in [0.1, 0.15) is 18.4 Å². The summed E-state index contributed by atoms with van der Waals surface area (Å²) in [5, 5.41) is 12.3. The normalized spacial score (nSPS) is 20.9. The van der Waals surface area contributed by atoms with Crippen molar-refractivity contribution in [2.75, 3.05) is 39.4 Å². The molecule has 0 amide bonds. The fourth-order valence-electron chi connectivity index (χ4n) is 3.13. The van der Waals surface area contributed by atoms with Gasteiger partial charge in [-0.1, -0.05) is 12.1 Å². The molecule has 1 saturated heterocycles. The van der Waals surface area contributed by atoms with Gasteiger partial charge in [-0.05, 0) is 17.2 Å². The molecular formula is C15H20F2N2O2. The van der Waals surface area contributed by atoms with Crippen LogP contribution in [0.1, 0.15) is 17.2 Å². The van der Waals surface area contributed by atoms with Crippen LogP contribution in [0.2, 0.25) is 0 Å². The van der Waals surface area contributed by atoms with E-state index in [1.165, 1.54) is 0 Å². The Morgan fingerprint density at radius 1 is 1.33 bits per heavy atom. The smallest absolute Gasteiger partial charge is 0.289 e. The zero-order valence-electron chi connectivity index (χ0n) is 11.8. The molecule has 0 spiro atoms. The maximum atomic E-state index is 14.3. The molecule has 3 rings (SSSR count). The Kier molecular flexibility index (Phi) is 4.10. The van der Waals surface area contributed by atoms with E-state index in [1.54, 1.807) is 23.1 Å². The van der Waals surface area contributed by atoms with Crippen LogP contribution in [0, 0.1) is 0 Å². The highest BCUT2D eigenvalue weighted by atomic mass is 19.3. The monoisotopic (exact) mass is 298 g/mol. The summed E-state index contributed by atoms with van der Waals surface area (Å²) < 4.78 is 34.0. The summed E-state index contributed by atoms with van der Waals surface area (Å²) in [7, 11) is 0. The second-order valence-corrected chi connectivity index (χ2v) is 5.57. The fraction of sp³-hybridized carbons (Fsp3) is 0.600. The van der Waals surface area contributed by atoms with Crippen molar-refractivity contribution in [3.05, 3.63) is 29.3 Å². The number of alkyl halides is 2. The minimum absolute atomic E-state index is 0.549. The van der Waals surface area contributed by atoms with E-state index in [0.29, 0.717) is 38.3 Å². The van der Waals surface area contributed by atoms with E-state index in [0.717, 1.165) is 17.7 Å². The summed E-state index contributed by atoms with van der Waals surface area (Å²) in [5.74, 6) is -2.38. The third-order valence-corrected chi connectivity index (χ3v) is 4.16. The number of nitrogens with one attached hydrogen (secondary N) is 1. The summed E-state index contributed by atoms with van der Waals surface area (Å²) in [6.07, 6.45) is 0.752. The Morgan fingerprint density at radius 3 is 2.81 bits per heavy atom. The van der Waals surface area contributed by atoms with Gasteiger partial charge in [0.05, 0.1) is 6.61 Å². The zero-order chi connectivity index (χ0) is 14.9. The lowest BCUT2D eigenvalue weighted by Crippen LogP contribution is -2.51. The molecule has 1 fully saturated rings. The van der Waals surface area contributed by atoms with Gasteiger partial charge in [-0.25, -0.2) is 8.78 Å². The van der Waals surface area contributed by atoms with Gasteiger partial charge in [0.25, 0.3) is 5.92 Å². The maximum absolute atomic E-state index is 14.3. The van der Waals surface area contributed by atoms with Gasteiger partial charge >= 0.3 is 0 Å². The quantitative estimate of drug-likeness (QED) is 0.876. The first-order chi connectivity index (χ1) is 10.1. The molecule has 4 nitrogen and oxygen atoms in total. The third kappa shape index (κ3) is 2.88. The highest BCUT2D eigenvalue weighted by Crippen LogP contribution is 2.38. The Morgan fingerprint density at radius 2 is 2.10 bits per heavy atom. The second-order valence-electron chi connectivity index (χ2n) is 5.57. The highest BCUT2D eigenvalue weighted by molar-refractivity contribution is 5.41. The molecular weight excluding hydrogens is 278 g/mol. The predicted molar refractivity (Wildman–Crippen MR) is 74.9 cm³/mol. The number of fused-ring (bicyclic) bond motifs is 1. The molecule has 21 heavy (non-hydrogen) atoms. The van der Waals surface area contributed by atoms with E-state index in [1.807, 2.05) is 0 Å². The van der Waals surface area contributed by atoms with Crippen molar-refractivity contribution >= 4 is 0 Å². The Hall–Kier alpha value is -1.24. The molecule has 6 heteroatoms. The van der Waals surface area contributed by atoms with Crippen molar-refractivity contribution in [3.63, 3.8) is 0 Å². The molecule has 0 bridgehead atoms. The average molecular weight is 298 g/mol. The number of aliphatic hydroxyl groups is 1. The molecule has 2 aliphatic heterocycles. The van der Waals surface area contributed by atoms with Crippen LogP contribution >= 0.6 is 0 Å². The number of hydrogen-bond donors (Lipinski definition) is 2. The number of piperazine rings is 1. The van der Waals surface area contributed by atoms with E-state index in [2.05, 4.69) is 5.32 Å². The number of halogens is 2. The summed E-state index contributed by atoms with van der Waals surface area (Å²) in [6, 6.07) is 4.18. The van der Waals surface area contributed by atoms with Crippen LogP contribution in [0.3, 0.4) is 0 Å². The van der Waals surface area contributed by atoms with Gasteiger partial charge in [0.15, 0.2) is 0 Å². The van der Waals surface area contributed by atoms with E-state index in [9.17, 15) is 8.78 Å². The lowest BCUT2D eigenvalue weighted by atomic mass is 9.96. The van der Waals surface area contributed by atoms with Crippen molar-refractivity contribution < 1.29 is 18.6 Å². The number of benzene rings is 1. The number of nitrogens with zero attached hydrogens (tertiary/aromatic N) is 1. The molecule has 0 unspecified atom stereocenters. The largest absolute Gasteiger partial charge is 0.493 e. The van der Waals surface area contributed by atoms with Gasteiger partial charge in [-0.15, -0.1) is 0 Å². The SMILES string of the molecule is OCC(F)(F)[C@@H](c1ccc2c(c1)CCO2)N1CCNCC1. The molecule has 2 heterocycles.